The summed E-state index contributed by atoms with van der Waals surface area (Å²) in [5.41, 5.74) is 7.58. The zero-order chi connectivity index (χ0) is 12.3. The second kappa shape index (κ2) is 7.37. The second-order valence-electron chi connectivity index (χ2n) is 4.82. The number of nitrogens with two attached hydrogens (primary N) is 1. The van der Waals surface area contributed by atoms with Gasteiger partial charge in [0, 0.05) is 6.04 Å². The van der Waals surface area contributed by atoms with E-state index in [9.17, 15) is 0 Å². The van der Waals surface area contributed by atoms with Crippen molar-refractivity contribution in [3.63, 3.8) is 0 Å². The minimum atomic E-state index is 0. The van der Waals surface area contributed by atoms with Crippen molar-refractivity contribution in [2.24, 2.45) is 11.7 Å². The van der Waals surface area contributed by atoms with E-state index in [1.54, 1.807) is 7.11 Å². The van der Waals surface area contributed by atoms with Gasteiger partial charge in [0.05, 0.1) is 11.6 Å². The Balaban J connectivity index is 0.00000162. The molecule has 1 saturated carbocycles. The van der Waals surface area contributed by atoms with E-state index in [-0.39, 0.29) is 18.4 Å². The second-order valence-corrected chi connectivity index (χ2v) is 5.67. The molecule has 1 atom stereocenters. The molecule has 18 heavy (non-hydrogen) atoms. The van der Waals surface area contributed by atoms with Crippen LogP contribution in [0.2, 0.25) is 0 Å². The average Bonchev–Trinajstić information content (AvgIpc) is 2.39. The van der Waals surface area contributed by atoms with Gasteiger partial charge in [0.25, 0.3) is 0 Å². The van der Waals surface area contributed by atoms with Crippen LogP contribution < -0.4 is 10.5 Å². The molecule has 1 fully saturated rings. The van der Waals surface area contributed by atoms with Gasteiger partial charge in [-0.1, -0.05) is 25.3 Å². The summed E-state index contributed by atoms with van der Waals surface area (Å²) in [7, 11) is 1.68. The van der Waals surface area contributed by atoms with E-state index >= 15 is 0 Å². The van der Waals surface area contributed by atoms with E-state index in [2.05, 4.69) is 28.1 Å². The number of halogens is 2. The van der Waals surface area contributed by atoms with E-state index in [4.69, 9.17) is 10.5 Å². The summed E-state index contributed by atoms with van der Waals surface area (Å²) in [6.45, 7) is 0. The van der Waals surface area contributed by atoms with Crippen molar-refractivity contribution in [1.82, 2.24) is 0 Å². The third kappa shape index (κ3) is 3.62. The molecule has 0 amide bonds. The first-order chi connectivity index (χ1) is 8.22. The van der Waals surface area contributed by atoms with Crippen LogP contribution in [0.1, 0.15) is 43.7 Å². The standard InChI is InChI=1S/C14H20BrNO.ClH/c1-17-13-8-7-11(9-12(13)15)14(16)10-5-3-2-4-6-10;/h7-10,14H,2-6,16H2,1H3;1H/t14-;/m0./s1. The maximum Gasteiger partial charge on any atom is 0.133 e. The molecule has 0 unspecified atom stereocenters. The van der Waals surface area contributed by atoms with E-state index in [1.165, 1.54) is 37.7 Å². The summed E-state index contributed by atoms with van der Waals surface area (Å²) in [5.74, 6) is 1.51. The maximum atomic E-state index is 6.37. The lowest BCUT2D eigenvalue weighted by molar-refractivity contribution is 0.308. The lowest BCUT2D eigenvalue weighted by Gasteiger charge is -2.28. The van der Waals surface area contributed by atoms with Gasteiger partial charge in [-0.2, -0.15) is 0 Å². The van der Waals surface area contributed by atoms with E-state index in [0.29, 0.717) is 5.92 Å². The monoisotopic (exact) mass is 333 g/mol. The van der Waals surface area contributed by atoms with Crippen molar-refractivity contribution in [3.8, 4) is 5.75 Å². The SMILES string of the molecule is COc1ccc([C@@H](N)C2CCCCC2)cc1Br.Cl. The van der Waals surface area contributed by atoms with Crippen molar-refractivity contribution >= 4 is 28.3 Å². The van der Waals surface area contributed by atoms with Gasteiger partial charge in [0.2, 0.25) is 0 Å². The average molecular weight is 335 g/mol. The first-order valence-electron chi connectivity index (χ1n) is 6.31. The van der Waals surface area contributed by atoms with Crippen LogP contribution in [0.5, 0.6) is 5.75 Å². The molecular formula is C14H21BrClNO. The van der Waals surface area contributed by atoms with E-state index in [0.717, 1.165) is 10.2 Å². The number of rotatable bonds is 3. The number of ether oxygens (including phenoxy) is 1. The maximum absolute atomic E-state index is 6.37. The normalized spacial score (nSPS) is 17.9. The summed E-state index contributed by atoms with van der Waals surface area (Å²) in [5, 5.41) is 0. The molecule has 0 aliphatic heterocycles. The van der Waals surface area contributed by atoms with E-state index in [1.807, 2.05) is 6.07 Å². The highest BCUT2D eigenvalue weighted by molar-refractivity contribution is 9.10. The Bertz CT molecular complexity index is 380. The van der Waals surface area contributed by atoms with Gasteiger partial charge in [-0.25, -0.2) is 0 Å². The summed E-state index contributed by atoms with van der Waals surface area (Å²) >= 11 is 3.52. The van der Waals surface area contributed by atoms with E-state index < -0.39 is 0 Å². The van der Waals surface area contributed by atoms with Gasteiger partial charge < -0.3 is 10.5 Å². The van der Waals surface area contributed by atoms with Crippen LogP contribution in [0.4, 0.5) is 0 Å². The smallest absolute Gasteiger partial charge is 0.133 e. The first-order valence-corrected chi connectivity index (χ1v) is 7.10. The molecule has 0 spiro atoms. The van der Waals surface area contributed by atoms with Crippen LogP contribution >= 0.6 is 28.3 Å². The molecule has 0 aromatic heterocycles. The first kappa shape index (κ1) is 15.8. The lowest BCUT2D eigenvalue weighted by Crippen LogP contribution is -2.23. The van der Waals surface area contributed by atoms with Crippen LogP contribution in [-0.4, -0.2) is 7.11 Å². The Morgan fingerprint density at radius 1 is 1.28 bits per heavy atom. The zero-order valence-corrected chi connectivity index (χ0v) is 13.1. The van der Waals surface area contributed by atoms with Crippen molar-refractivity contribution in [2.75, 3.05) is 7.11 Å². The summed E-state index contributed by atoms with van der Waals surface area (Å²) in [4.78, 5) is 0. The molecule has 0 saturated heterocycles. The van der Waals surface area contributed by atoms with Crippen LogP contribution in [0.25, 0.3) is 0 Å². The fourth-order valence-corrected chi connectivity index (χ4v) is 3.21. The Labute approximate surface area is 124 Å². The minimum Gasteiger partial charge on any atom is -0.496 e. The highest BCUT2D eigenvalue weighted by Crippen LogP contribution is 2.35. The van der Waals surface area contributed by atoms with Crippen molar-refractivity contribution < 1.29 is 4.74 Å². The van der Waals surface area contributed by atoms with Gasteiger partial charge in [0.1, 0.15) is 5.75 Å². The molecule has 2 N–H and O–H groups in total. The Hall–Kier alpha value is -0.250. The third-order valence-corrected chi connectivity index (χ3v) is 4.34. The van der Waals surface area contributed by atoms with Gasteiger partial charge in [-0.15, -0.1) is 12.4 Å². The summed E-state index contributed by atoms with van der Waals surface area (Å²) in [6.07, 6.45) is 6.57. The zero-order valence-electron chi connectivity index (χ0n) is 10.7. The van der Waals surface area contributed by atoms with Crippen LogP contribution in [0, 0.1) is 5.92 Å². The summed E-state index contributed by atoms with van der Waals surface area (Å²) in [6, 6.07) is 6.33. The molecule has 102 valence electrons. The molecule has 1 aliphatic rings. The minimum absolute atomic E-state index is 0. The molecule has 1 aromatic carbocycles. The van der Waals surface area contributed by atoms with Gasteiger partial charge in [-0.3, -0.25) is 0 Å². The predicted molar refractivity (Wildman–Crippen MR) is 81.4 cm³/mol. The van der Waals surface area contributed by atoms with Crippen molar-refractivity contribution in [1.29, 1.82) is 0 Å². The fourth-order valence-electron chi connectivity index (χ4n) is 2.66. The van der Waals surface area contributed by atoms with Gasteiger partial charge >= 0.3 is 0 Å². The van der Waals surface area contributed by atoms with Crippen LogP contribution in [0.3, 0.4) is 0 Å². The molecule has 1 aromatic rings. The quantitative estimate of drug-likeness (QED) is 0.885. The number of hydrogen-bond donors (Lipinski definition) is 1. The van der Waals surface area contributed by atoms with Crippen molar-refractivity contribution in [3.05, 3.63) is 28.2 Å². The fraction of sp³-hybridized carbons (Fsp3) is 0.571. The third-order valence-electron chi connectivity index (χ3n) is 3.72. The molecule has 0 radical (unpaired) electrons. The highest BCUT2D eigenvalue weighted by atomic mass is 79.9. The molecule has 0 heterocycles. The van der Waals surface area contributed by atoms with Crippen LogP contribution in [0.15, 0.2) is 22.7 Å². The van der Waals surface area contributed by atoms with Crippen molar-refractivity contribution in [2.45, 2.75) is 38.1 Å². The molecule has 2 nitrogen and oxygen atoms in total. The Morgan fingerprint density at radius 3 is 2.50 bits per heavy atom. The summed E-state index contributed by atoms with van der Waals surface area (Å²) < 4.78 is 6.23. The largest absolute Gasteiger partial charge is 0.496 e. The Morgan fingerprint density at radius 2 is 1.94 bits per heavy atom. The molecule has 0 bridgehead atoms. The number of hydrogen-bond acceptors (Lipinski definition) is 2. The van der Waals surface area contributed by atoms with Crippen LogP contribution in [-0.2, 0) is 0 Å². The molecular weight excluding hydrogens is 314 g/mol. The predicted octanol–water partition coefficient (Wildman–Crippen LogP) is 4.46. The Kier molecular flexibility index (Phi) is 6.47. The molecule has 2 rings (SSSR count). The molecule has 1 aliphatic carbocycles. The lowest BCUT2D eigenvalue weighted by atomic mass is 9.81. The highest BCUT2D eigenvalue weighted by Gasteiger charge is 2.22. The topological polar surface area (TPSA) is 35.2 Å². The number of benzene rings is 1. The van der Waals surface area contributed by atoms with Gasteiger partial charge in [-0.05, 0) is 52.4 Å². The van der Waals surface area contributed by atoms with Gasteiger partial charge in [0.15, 0.2) is 0 Å². The molecule has 4 heteroatoms. The number of methoxy groups -OCH3 is 1.